The molecule has 0 saturated carbocycles. The summed E-state index contributed by atoms with van der Waals surface area (Å²) in [5, 5.41) is 12.3. The summed E-state index contributed by atoms with van der Waals surface area (Å²) < 4.78 is 0.545. The molecule has 0 radical (unpaired) electrons. The number of carboxylic acids is 1. The van der Waals surface area contributed by atoms with Crippen LogP contribution in [0.1, 0.15) is 20.7 Å². The van der Waals surface area contributed by atoms with Crippen LogP contribution in [-0.2, 0) is 4.79 Å². The fourth-order valence-electron chi connectivity index (χ4n) is 2.40. The van der Waals surface area contributed by atoms with Gasteiger partial charge in [-0.15, -0.1) is 11.3 Å². The highest BCUT2D eigenvalue weighted by molar-refractivity contribution is 7.20. The van der Waals surface area contributed by atoms with E-state index >= 15 is 0 Å². The third-order valence-corrected chi connectivity index (χ3v) is 4.89. The number of hydrogen-bond donors (Lipinski definition) is 2. The number of carbonyl (C=O) groups is 3. The average Bonchev–Trinajstić information content (AvgIpc) is 3.09. The van der Waals surface area contributed by atoms with Gasteiger partial charge < -0.3 is 10.4 Å². The summed E-state index contributed by atoms with van der Waals surface area (Å²) in [6.07, 6.45) is 0.648. The zero-order chi connectivity index (χ0) is 19.4. The number of carboxylic acid groups (broad SMARTS) is 1. The number of anilines is 3. The molecule has 8 heteroatoms. The van der Waals surface area contributed by atoms with Gasteiger partial charge >= 0.3 is 5.97 Å². The molecule has 1 aromatic heterocycles. The Bertz CT molecular complexity index is 1020. The highest BCUT2D eigenvalue weighted by atomic mass is 35.5. The lowest BCUT2D eigenvalue weighted by Crippen LogP contribution is -2.16. The van der Waals surface area contributed by atoms with Crippen molar-refractivity contribution in [1.82, 2.24) is 0 Å². The molecule has 0 aliphatic rings. The number of carbonyl (C=O) groups excluding carboxylic acids is 2. The first-order chi connectivity index (χ1) is 13.0. The zero-order valence-electron chi connectivity index (χ0n) is 13.8. The molecule has 136 valence electrons. The smallest absolute Gasteiger partial charge is 0.335 e. The number of aromatic carboxylic acids is 1. The van der Waals surface area contributed by atoms with E-state index in [1.54, 1.807) is 48.5 Å². The monoisotopic (exact) mass is 400 g/mol. The van der Waals surface area contributed by atoms with Crippen molar-refractivity contribution in [3.63, 3.8) is 0 Å². The highest BCUT2D eigenvalue weighted by Gasteiger charge is 2.14. The van der Waals surface area contributed by atoms with Crippen molar-refractivity contribution in [3.8, 4) is 0 Å². The molecule has 3 aromatic rings. The first-order valence-corrected chi connectivity index (χ1v) is 8.92. The Morgan fingerprint density at radius 2 is 1.78 bits per heavy atom. The maximum atomic E-state index is 12.5. The Morgan fingerprint density at radius 3 is 2.44 bits per heavy atom. The molecule has 2 aromatic carbocycles. The summed E-state index contributed by atoms with van der Waals surface area (Å²) in [6, 6.07) is 15.9. The minimum Gasteiger partial charge on any atom is -0.478 e. The third-order valence-electron chi connectivity index (χ3n) is 3.66. The minimum absolute atomic E-state index is 0.0725. The van der Waals surface area contributed by atoms with Crippen molar-refractivity contribution in [3.05, 3.63) is 76.1 Å². The maximum absolute atomic E-state index is 12.5. The van der Waals surface area contributed by atoms with E-state index < -0.39 is 11.9 Å². The third kappa shape index (κ3) is 4.33. The second kappa shape index (κ2) is 8.03. The van der Waals surface area contributed by atoms with Gasteiger partial charge in [0.15, 0.2) is 0 Å². The first kappa shape index (κ1) is 18.6. The van der Waals surface area contributed by atoms with Crippen molar-refractivity contribution in [1.29, 1.82) is 0 Å². The minimum atomic E-state index is -1.08. The molecule has 0 aliphatic heterocycles. The molecule has 0 unspecified atom stereocenters. The molecule has 0 aliphatic carbocycles. The molecule has 2 N–H and O–H groups in total. The number of nitrogens with one attached hydrogen (secondary N) is 1. The van der Waals surface area contributed by atoms with Gasteiger partial charge in [0.1, 0.15) is 5.00 Å². The van der Waals surface area contributed by atoms with Crippen molar-refractivity contribution in [2.45, 2.75) is 0 Å². The molecule has 2 amide bonds. The van der Waals surface area contributed by atoms with Crippen LogP contribution < -0.4 is 10.2 Å². The van der Waals surface area contributed by atoms with Crippen LogP contribution in [-0.4, -0.2) is 23.4 Å². The van der Waals surface area contributed by atoms with E-state index in [9.17, 15) is 14.4 Å². The van der Waals surface area contributed by atoms with Crippen LogP contribution in [0.15, 0.2) is 60.7 Å². The fourth-order valence-corrected chi connectivity index (χ4v) is 3.42. The average molecular weight is 401 g/mol. The van der Waals surface area contributed by atoms with E-state index in [0.29, 0.717) is 32.7 Å². The fraction of sp³-hybridized carbons (Fsp3) is 0. The van der Waals surface area contributed by atoms with E-state index in [1.165, 1.54) is 28.4 Å². The van der Waals surface area contributed by atoms with Gasteiger partial charge in [-0.05, 0) is 48.5 Å². The van der Waals surface area contributed by atoms with Crippen molar-refractivity contribution in [2.75, 3.05) is 10.2 Å². The predicted molar refractivity (Wildman–Crippen MR) is 105 cm³/mol. The van der Waals surface area contributed by atoms with Crippen LogP contribution in [0.5, 0.6) is 0 Å². The zero-order valence-corrected chi connectivity index (χ0v) is 15.3. The maximum Gasteiger partial charge on any atom is 0.335 e. The summed E-state index contributed by atoms with van der Waals surface area (Å²) in [5.41, 5.74) is 1.27. The van der Waals surface area contributed by atoms with Crippen molar-refractivity contribution < 1.29 is 19.5 Å². The van der Waals surface area contributed by atoms with Gasteiger partial charge in [0.25, 0.3) is 5.91 Å². The lowest BCUT2D eigenvalue weighted by molar-refractivity contribution is -0.106. The van der Waals surface area contributed by atoms with E-state index in [0.717, 1.165) is 0 Å². The summed E-state index contributed by atoms with van der Waals surface area (Å²) in [5.74, 6) is -1.50. The van der Waals surface area contributed by atoms with Crippen LogP contribution in [0.25, 0.3) is 0 Å². The Balaban J connectivity index is 1.84. The first-order valence-electron chi connectivity index (χ1n) is 7.72. The molecule has 0 spiro atoms. The Kier molecular flexibility index (Phi) is 5.54. The summed E-state index contributed by atoms with van der Waals surface area (Å²) >= 11 is 7.17. The van der Waals surface area contributed by atoms with Gasteiger partial charge in [0, 0.05) is 11.3 Å². The summed E-state index contributed by atoms with van der Waals surface area (Å²) in [6.45, 7) is 0. The van der Waals surface area contributed by atoms with Crippen molar-refractivity contribution >= 4 is 57.6 Å². The number of hydrogen-bond acceptors (Lipinski definition) is 4. The Hall–Kier alpha value is -3.16. The van der Waals surface area contributed by atoms with Gasteiger partial charge in [-0.1, -0.05) is 23.7 Å². The van der Waals surface area contributed by atoms with E-state index in [4.69, 9.17) is 16.7 Å². The molecular weight excluding hydrogens is 388 g/mol. The van der Waals surface area contributed by atoms with Gasteiger partial charge in [-0.2, -0.15) is 0 Å². The van der Waals surface area contributed by atoms with Crippen LogP contribution in [0, 0.1) is 0 Å². The number of rotatable bonds is 6. The molecule has 27 heavy (non-hydrogen) atoms. The number of thiophene rings is 1. The molecule has 0 atom stereocenters. The predicted octanol–water partition coefficient (Wildman–Crippen LogP) is 4.65. The lowest BCUT2D eigenvalue weighted by atomic mass is 10.1. The molecule has 1 heterocycles. The molecule has 0 saturated heterocycles. The SMILES string of the molecule is O=CN(c1cccc(C(=O)Nc2cccc(C(=O)O)c2)c1)c1ccc(Cl)s1. The topological polar surface area (TPSA) is 86.7 Å². The lowest BCUT2D eigenvalue weighted by Gasteiger charge is -2.16. The molecular formula is C19H13ClN2O4S. The van der Waals surface area contributed by atoms with Crippen LogP contribution in [0.2, 0.25) is 4.34 Å². The van der Waals surface area contributed by atoms with E-state index in [1.807, 2.05) is 0 Å². The highest BCUT2D eigenvalue weighted by Crippen LogP contribution is 2.33. The quantitative estimate of drug-likeness (QED) is 0.590. The Labute approximate surface area is 163 Å². The van der Waals surface area contributed by atoms with Crippen LogP contribution in [0.3, 0.4) is 0 Å². The molecule has 3 rings (SSSR count). The molecule has 6 nitrogen and oxygen atoms in total. The van der Waals surface area contributed by atoms with Gasteiger partial charge in [-0.25, -0.2) is 4.79 Å². The van der Waals surface area contributed by atoms with Gasteiger partial charge in [0.2, 0.25) is 6.41 Å². The molecule has 0 bridgehead atoms. The Morgan fingerprint density at radius 1 is 1.04 bits per heavy atom. The number of nitrogens with zero attached hydrogens (tertiary/aromatic N) is 1. The van der Waals surface area contributed by atoms with Gasteiger partial charge in [0.05, 0.1) is 15.6 Å². The summed E-state index contributed by atoms with van der Waals surface area (Å²) in [7, 11) is 0. The normalized spacial score (nSPS) is 10.3. The standard InChI is InChI=1S/C19H13ClN2O4S/c20-16-7-8-17(27-16)22(11-23)15-6-2-3-12(10-15)18(24)21-14-5-1-4-13(9-14)19(25)26/h1-11H,(H,21,24)(H,25,26). The van der Waals surface area contributed by atoms with Crippen molar-refractivity contribution in [2.24, 2.45) is 0 Å². The number of benzene rings is 2. The van der Waals surface area contributed by atoms with Gasteiger partial charge in [-0.3, -0.25) is 14.5 Å². The second-order valence-electron chi connectivity index (χ2n) is 5.44. The van der Waals surface area contributed by atoms with E-state index in [-0.39, 0.29) is 5.56 Å². The van der Waals surface area contributed by atoms with E-state index in [2.05, 4.69) is 5.32 Å². The summed E-state index contributed by atoms with van der Waals surface area (Å²) in [4.78, 5) is 36.5. The molecule has 0 fully saturated rings. The number of amides is 2. The second-order valence-corrected chi connectivity index (χ2v) is 7.14. The van der Waals surface area contributed by atoms with Crippen LogP contribution in [0.4, 0.5) is 16.4 Å². The largest absolute Gasteiger partial charge is 0.478 e. The van der Waals surface area contributed by atoms with Crippen LogP contribution >= 0.6 is 22.9 Å². The number of halogens is 1.